The molecular weight excluding hydrogens is 322 g/mol. The molecule has 5 nitrogen and oxygen atoms in total. The minimum absolute atomic E-state index is 0.698. The third-order valence-electron chi connectivity index (χ3n) is 5.72. The Bertz CT molecular complexity index is 910. The quantitative estimate of drug-likeness (QED) is 0.745. The lowest BCUT2D eigenvalue weighted by Crippen LogP contribution is -2.51. The molecule has 5 heteroatoms. The molecule has 2 aliphatic rings. The molecule has 1 aromatic carbocycles. The molecule has 1 saturated heterocycles. The summed E-state index contributed by atoms with van der Waals surface area (Å²) in [6.45, 7) is 4.14. The second-order valence-corrected chi connectivity index (χ2v) is 7.68. The molecule has 2 aromatic heterocycles. The van der Waals surface area contributed by atoms with Gasteiger partial charge in [-0.1, -0.05) is 6.07 Å². The fourth-order valence-corrected chi connectivity index (χ4v) is 4.15. The number of aromatic nitrogens is 3. The maximum Gasteiger partial charge on any atom is 0.151 e. The van der Waals surface area contributed by atoms with Crippen molar-refractivity contribution in [1.82, 2.24) is 20.5 Å². The Morgan fingerprint density at radius 1 is 1.08 bits per heavy atom. The highest BCUT2D eigenvalue weighted by Crippen LogP contribution is 2.26. The van der Waals surface area contributed by atoms with Crippen molar-refractivity contribution in [2.75, 3.05) is 24.5 Å². The number of nitrogens with zero attached hydrogens (tertiary/aromatic N) is 3. The van der Waals surface area contributed by atoms with Crippen LogP contribution >= 0.6 is 0 Å². The van der Waals surface area contributed by atoms with Gasteiger partial charge in [-0.3, -0.25) is 0 Å². The molecular formula is C21H25N5. The predicted octanol–water partition coefficient (Wildman–Crippen LogP) is 3.06. The molecule has 0 radical (unpaired) electrons. The minimum atomic E-state index is 0.698. The van der Waals surface area contributed by atoms with Crippen LogP contribution in [0.3, 0.4) is 0 Å². The van der Waals surface area contributed by atoms with Crippen molar-refractivity contribution < 1.29 is 0 Å². The van der Waals surface area contributed by atoms with E-state index in [1.54, 1.807) is 0 Å². The number of H-pyrrole nitrogens is 1. The molecule has 5 rings (SSSR count). The second-order valence-electron chi connectivity index (χ2n) is 7.68. The van der Waals surface area contributed by atoms with Crippen LogP contribution in [0.25, 0.3) is 10.9 Å². The first-order valence-electron chi connectivity index (χ1n) is 9.72. The number of anilines is 1. The molecule has 26 heavy (non-hydrogen) atoms. The zero-order valence-electron chi connectivity index (χ0n) is 15.0. The molecule has 0 unspecified atom stereocenters. The number of hydrogen-bond donors (Lipinski definition) is 2. The van der Waals surface area contributed by atoms with E-state index in [0.29, 0.717) is 5.92 Å². The maximum atomic E-state index is 4.46. The van der Waals surface area contributed by atoms with Gasteiger partial charge in [0, 0.05) is 43.8 Å². The summed E-state index contributed by atoms with van der Waals surface area (Å²) >= 11 is 0. The van der Waals surface area contributed by atoms with Crippen molar-refractivity contribution in [1.29, 1.82) is 0 Å². The second kappa shape index (κ2) is 6.72. The van der Waals surface area contributed by atoms with E-state index in [1.165, 1.54) is 47.0 Å². The molecule has 0 amide bonds. The molecule has 1 aliphatic carbocycles. The van der Waals surface area contributed by atoms with Crippen molar-refractivity contribution in [3.63, 3.8) is 0 Å². The van der Waals surface area contributed by atoms with Gasteiger partial charge < -0.3 is 15.2 Å². The van der Waals surface area contributed by atoms with E-state index in [-0.39, 0.29) is 0 Å². The Balaban J connectivity index is 1.11. The first kappa shape index (κ1) is 15.8. The van der Waals surface area contributed by atoms with Gasteiger partial charge in [0.1, 0.15) is 0 Å². The van der Waals surface area contributed by atoms with Gasteiger partial charge in [0.05, 0.1) is 5.69 Å². The highest BCUT2D eigenvalue weighted by atomic mass is 15.3. The monoisotopic (exact) mass is 347 g/mol. The summed E-state index contributed by atoms with van der Waals surface area (Å²) in [5.41, 5.74) is 5.18. The van der Waals surface area contributed by atoms with Crippen molar-refractivity contribution in [3.8, 4) is 0 Å². The van der Waals surface area contributed by atoms with Gasteiger partial charge in [-0.25, -0.2) is 0 Å². The van der Waals surface area contributed by atoms with Gasteiger partial charge in [0.2, 0.25) is 0 Å². The van der Waals surface area contributed by atoms with Crippen LogP contribution in [0.2, 0.25) is 0 Å². The number of hydrogen-bond acceptors (Lipinski definition) is 4. The third kappa shape index (κ3) is 3.07. The summed E-state index contributed by atoms with van der Waals surface area (Å²) in [6.07, 6.45) is 6.81. The average Bonchev–Trinajstić information content (AvgIpc) is 3.11. The third-order valence-corrected chi connectivity index (χ3v) is 5.72. The number of aromatic amines is 1. The van der Waals surface area contributed by atoms with Crippen LogP contribution in [0.5, 0.6) is 0 Å². The topological polar surface area (TPSA) is 56.8 Å². The SMILES string of the molecule is c1cc2cc(CNCC3CN(c4cc5c(nn4)CCCC5)C3)ccc2[nH]1. The lowest BCUT2D eigenvalue weighted by atomic mass is 9.95. The normalized spacial score (nSPS) is 17.3. The Morgan fingerprint density at radius 2 is 2.00 bits per heavy atom. The highest BCUT2D eigenvalue weighted by molar-refractivity contribution is 5.79. The number of benzene rings is 1. The Morgan fingerprint density at radius 3 is 2.96 bits per heavy atom. The van der Waals surface area contributed by atoms with Crippen LogP contribution in [0.4, 0.5) is 5.82 Å². The number of nitrogens with one attached hydrogen (secondary N) is 2. The highest BCUT2D eigenvalue weighted by Gasteiger charge is 2.28. The maximum absolute atomic E-state index is 4.46. The molecule has 1 aliphatic heterocycles. The molecule has 0 saturated carbocycles. The van der Waals surface area contributed by atoms with E-state index >= 15 is 0 Å². The van der Waals surface area contributed by atoms with E-state index in [4.69, 9.17) is 0 Å². The Hall–Kier alpha value is -2.40. The zero-order chi connectivity index (χ0) is 17.3. The van der Waals surface area contributed by atoms with Crippen molar-refractivity contribution >= 4 is 16.7 Å². The van der Waals surface area contributed by atoms with Gasteiger partial charge in [-0.05, 0) is 66.5 Å². The average molecular weight is 347 g/mol. The lowest BCUT2D eigenvalue weighted by molar-refractivity contribution is 0.381. The first-order valence-corrected chi connectivity index (χ1v) is 9.72. The number of aryl methyl sites for hydroxylation is 2. The number of rotatable bonds is 5. The largest absolute Gasteiger partial charge is 0.361 e. The van der Waals surface area contributed by atoms with Gasteiger partial charge in [-0.2, -0.15) is 5.10 Å². The summed E-state index contributed by atoms with van der Waals surface area (Å²) in [7, 11) is 0. The van der Waals surface area contributed by atoms with E-state index in [9.17, 15) is 0 Å². The first-order chi connectivity index (χ1) is 12.8. The van der Waals surface area contributed by atoms with Crippen LogP contribution in [-0.2, 0) is 19.4 Å². The van der Waals surface area contributed by atoms with Gasteiger partial charge in [-0.15, -0.1) is 5.10 Å². The summed E-state index contributed by atoms with van der Waals surface area (Å²) < 4.78 is 0. The van der Waals surface area contributed by atoms with Crippen LogP contribution < -0.4 is 10.2 Å². The fourth-order valence-electron chi connectivity index (χ4n) is 4.15. The summed E-state index contributed by atoms with van der Waals surface area (Å²) in [6, 6.07) is 11.0. The van der Waals surface area contributed by atoms with E-state index in [1.807, 2.05) is 6.20 Å². The Kier molecular flexibility index (Phi) is 4.09. The molecule has 2 N–H and O–H groups in total. The van der Waals surface area contributed by atoms with Gasteiger partial charge >= 0.3 is 0 Å². The molecule has 3 heterocycles. The van der Waals surface area contributed by atoms with Gasteiger partial charge in [0.25, 0.3) is 0 Å². The van der Waals surface area contributed by atoms with Crippen LogP contribution in [0, 0.1) is 5.92 Å². The molecule has 134 valence electrons. The fraction of sp³-hybridized carbons (Fsp3) is 0.429. The van der Waals surface area contributed by atoms with Crippen molar-refractivity contribution in [2.24, 2.45) is 5.92 Å². The molecule has 0 bridgehead atoms. The molecule has 0 atom stereocenters. The van der Waals surface area contributed by atoms with Gasteiger partial charge in [0.15, 0.2) is 5.82 Å². The van der Waals surface area contributed by atoms with E-state index < -0.39 is 0 Å². The lowest BCUT2D eigenvalue weighted by Gasteiger charge is -2.40. The smallest absolute Gasteiger partial charge is 0.151 e. The standard InChI is InChI=1S/C21H25N5/c1-2-4-20-17(3-1)10-21(25-24-20)26-13-16(14-26)12-22-11-15-5-6-19-18(9-15)7-8-23-19/h5-10,16,22-23H,1-4,11-14H2. The summed E-state index contributed by atoms with van der Waals surface area (Å²) in [5, 5.41) is 13.8. The van der Waals surface area contributed by atoms with Crippen LogP contribution in [0.1, 0.15) is 29.7 Å². The zero-order valence-corrected chi connectivity index (χ0v) is 15.0. The van der Waals surface area contributed by atoms with Crippen LogP contribution in [0.15, 0.2) is 36.5 Å². The van der Waals surface area contributed by atoms with E-state index in [2.05, 4.69) is 55.7 Å². The van der Waals surface area contributed by atoms with Crippen LogP contribution in [-0.4, -0.2) is 34.8 Å². The summed E-state index contributed by atoms with van der Waals surface area (Å²) in [5.74, 6) is 1.77. The molecule has 3 aromatic rings. The minimum Gasteiger partial charge on any atom is -0.361 e. The Labute approximate surface area is 153 Å². The summed E-state index contributed by atoms with van der Waals surface area (Å²) in [4.78, 5) is 5.60. The molecule has 0 spiro atoms. The van der Waals surface area contributed by atoms with Crippen molar-refractivity contribution in [3.05, 3.63) is 53.3 Å². The number of fused-ring (bicyclic) bond motifs is 2. The predicted molar refractivity (Wildman–Crippen MR) is 104 cm³/mol. The molecule has 1 fully saturated rings. The van der Waals surface area contributed by atoms with Crippen molar-refractivity contribution in [2.45, 2.75) is 32.2 Å². The van der Waals surface area contributed by atoms with E-state index in [0.717, 1.165) is 38.4 Å².